The summed E-state index contributed by atoms with van der Waals surface area (Å²) in [5, 5.41) is 5.98. The van der Waals surface area contributed by atoms with Crippen LogP contribution in [0.25, 0.3) is 0 Å². The van der Waals surface area contributed by atoms with Crippen molar-refractivity contribution < 1.29 is 410 Å². The zero-order valence-electron chi connectivity index (χ0n) is 27.9. The molecular weight excluding hydrogens is 969 g/mol. The van der Waals surface area contributed by atoms with Crippen molar-refractivity contribution in [1.29, 1.82) is 0 Å². The SMILES string of the molecule is O.O.O.O.O=C(O)[S-].O=C(S)SC(=S)[S-].O=C([S-])S.S=C([S-])S.S=C=S.S=C=S.[H-].[H-].[Na+].[Na+].[Na+].[Na+].[Na+].[Na+].[Na+].[Na+].[Na+].[Na+].[Na+].[Na+].[OH-].[OH-]. The standard InChI is InChI=1S/C2H2OS4.CH2O2S.CH2OS2.CH2S3.2CS2.12Na.6H2O.2H/c3-1(4)7-2(5)6;3*2-1(3)4;2*2-1-3;;;;;;;;;;;;;;;;;;;;/h(H,3,4)(H,5,6);4H,(H,2,3);2*(H2,2,3,4);;;;;;;;;;;;;;;6*1H2;;/q;;;;;;12*+1;;;;;;;2*-1/p-6. The molecule has 0 bridgehead atoms. The van der Waals surface area contributed by atoms with Crippen molar-refractivity contribution in [2.75, 3.05) is 0 Å². The maximum absolute atomic E-state index is 9.93. The third-order valence-electron chi connectivity index (χ3n) is 0.171. The zero-order valence-corrected chi connectivity index (χ0v) is 61.6. The van der Waals surface area contributed by atoms with E-state index in [0.717, 1.165) is 11.8 Å². The van der Waals surface area contributed by atoms with Gasteiger partial charge < -0.3 is 121 Å². The van der Waals surface area contributed by atoms with E-state index in [0.29, 0.717) is 0 Å². The van der Waals surface area contributed by atoms with E-state index in [9.17, 15) is 4.79 Å². The van der Waals surface area contributed by atoms with E-state index >= 15 is 0 Å². The average molecular weight is 985 g/mol. The molecule has 0 spiro atoms. The average Bonchev–Trinajstić information content (AvgIpc) is 2.25. The van der Waals surface area contributed by atoms with Crippen LogP contribution in [0.3, 0.4) is 0 Å². The van der Waals surface area contributed by atoms with Crippen molar-refractivity contribution >= 4 is 203 Å². The van der Waals surface area contributed by atoms with Crippen molar-refractivity contribution in [3.05, 3.63) is 0 Å². The van der Waals surface area contributed by atoms with E-state index in [1.165, 1.54) is 0 Å². The molecule has 10 nitrogen and oxygen atoms in total. The van der Waals surface area contributed by atoms with Crippen LogP contribution in [0.2, 0.25) is 0 Å². The maximum atomic E-state index is 9.93. The van der Waals surface area contributed by atoms with E-state index < -0.39 is 9.75 Å². The van der Waals surface area contributed by atoms with Crippen LogP contribution in [-0.2, 0) is 50.5 Å². The molecule has 0 unspecified atom stereocenters. The number of carboxylic acid groups (broad SMARTS) is 1. The predicted octanol–water partition coefficient (Wildman–Crippen LogP) is -34.2. The summed E-state index contributed by atoms with van der Waals surface area (Å²) in [5.41, 5.74) is 0. The molecular formula is C7H16Na12O10S14+4. The molecule has 0 amide bonds. The van der Waals surface area contributed by atoms with Gasteiger partial charge in [-0.05, 0) is 48.9 Å². The van der Waals surface area contributed by atoms with Crippen molar-refractivity contribution in [1.82, 2.24) is 0 Å². The van der Waals surface area contributed by atoms with Gasteiger partial charge in [0, 0.05) is 8.63 Å². The number of rotatable bonds is 0. The third kappa shape index (κ3) is 520. The van der Waals surface area contributed by atoms with Crippen LogP contribution in [-0.4, -0.2) is 67.8 Å². The number of carbonyl (C=O) groups excluding carboxylic acids is 2. The number of thiocarbonyl (C=S) groups is 6. The fourth-order valence-electron chi connectivity index (χ4n) is 0.0713. The predicted molar refractivity (Wildman–Crippen MR) is 169 cm³/mol. The first kappa shape index (κ1) is 165. The maximum Gasteiger partial charge on any atom is 1.00 e. The second kappa shape index (κ2) is 166. The van der Waals surface area contributed by atoms with Gasteiger partial charge in [0.25, 0.3) is 0 Å². The smallest absolute Gasteiger partial charge is 1.00 e. The number of carbonyl (C=O) groups is 3. The molecule has 0 aromatic rings. The van der Waals surface area contributed by atoms with Crippen LogP contribution >= 0.6 is 123 Å². The molecule has 0 aliphatic rings. The van der Waals surface area contributed by atoms with Gasteiger partial charge in [0.2, 0.25) is 4.45 Å². The number of thioether (sulfide) groups is 1. The number of thiol groups is 3. The van der Waals surface area contributed by atoms with Gasteiger partial charge in [-0.15, -0.1) is 12.6 Å². The van der Waals surface area contributed by atoms with Crippen LogP contribution in [0.15, 0.2) is 0 Å². The Morgan fingerprint density at radius 3 is 0.651 bits per heavy atom. The van der Waals surface area contributed by atoms with Gasteiger partial charge in [-0.2, -0.15) is 12.6 Å². The molecule has 0 aliphatic carbocycles. The molecule has 0 atom stereocenters. The summed E-state index contributed by atoms with van der Waals surface area (Å²) in [4.78, 5) is 27.9. The minimum absolute atomic E-state index is 0. The fraction of sp³-hybridized carbons (Fsp3) is 0. The summed E-state index contributed by atoms with van der Waals surface area (Å²) < 4.78 is 3.40. The normalized spacial score (nSPS) is 3.42. The molecule has 0 radical (unpaired) electrons. The molecule has 0 saturated carbocycles. The molecule has 196 valence electrons. The molecule has 0 fully saturated rings. The van der Waals surface area contributed by atoms with Crippen LogP contribution in [0.5, 0.6) is 0 Å². The van der Waals surface area contributed by atoms with Gasteiger partial charge in [0.15, 0.2) is 5.30 Å². The van der Waals surface area contributed by atoms with Crippen molar-refractivity contribution in [2.24, 2.45) is 0 Å². The van der Waals surface area contributed by atoms with E-state index in [4.69, 9.17) is 14.7 Å². The minimum atomic E-state index is -1.25. The van der Waals surface area contributed by atoms with Gasteiger partial charge in [-0.3, -0.25) is 9.59 Å². The summed E-state index contributed by atoms with van der Waals surface area (Å²) in [6, 6.07) is 0. The van der Waals surface area contributed by atoms with Crippen LogP contribution in [0.1, 0.15) is 2.85 Å². The van der Waals surface area contributed by atoms with Gasteiger partial charge in [-0.25, -0.2) is 0 Å². The van der Waals surface area contributed by atoms with Crippen LogP contribution in [0, 0.1) is 0 Å². The second-order valence-corrected chi connectivity index (χ2v) is 9.76. The largest absolute Gasteiger partial charge is 1.00 e. The zero-order chi connectivity index (χ0) is 22.0. The molecule has 0 aromatic heterocycles. The Bertz CT molecular complexity index is 458. The Hall–Kier alpha value is 13.5. The second-order valence-electron chi connectivity index (χ2n) is 1.58. The number of hydrogen-bond acceptors (Lipinski definition) is 16. The Balaban J connectivity index is -0.00000000374. The van der Waals surface area contributed by atoms with E-state index in [1.54, 1.807) is 0 Å². The number of hydrogen-bond donors (Lipinski definition) is 4. The molecule has 0 saturated heterocycles. The first-order chi connectivity index (χ1) is 11.2. The molecule has 0 aliphatic heterocycles. The molecule has 0 rings (SSSR count). The quantitative estimate of drug-likeness (QED) is 0.0761. The third-order valence-corrected chi connectivity index (χ3v) is 1.29. The Kier molecular flexibility index (Phi) is 637. The van der Waals surface area contributed by atoms with Crippen molar-refractivity contribution in [3.63, 3.8) is 0 Å². The summed E-state index contributed by atoms with van der Waals surface area (Å²) in [6.45, 7) is 0. The molecule has 43 heavy (non-hydrogen) atoms. The first-order valence-electron chi connectivity index (χ1n) is 3.96. The van der Waals surface area contributed by atoms with E-state index in [2.05, 4.69) is 162 Å². The van der Waals surface area contributed by atoms with E-state index in [1.807, 2.05) is 8.63 Å². The van der Waals surface area contributed by atoms with Gasteiger partial charge in [-0.1, -0.05) is 31.4 Å². The summed E-state index contributed by atoms with van der Waals surface area (Å²) in [7, 11) is 0. The molecule has 36 heteroatoms. The van der Waals surface area contributed by atoms with Crippen molar-refractivity contribution in [2.45, 2.75) is 0 Å². The Morgan fingerprint density at radius 1 is 0.581 bits per heavy atom. The summed E-state index contributed by atoms with van der Waals surface area (Å²) >= 11 is 51.3. The van der Waals surface area contributed by atoms with E-state index in [-0.39, 0.29) is 402 Å². The van der Waals surface area contributed by atoms with Gasteiger partial charge in [0.05, 0.1) is 4.45 Å². The monoisotopic (exact) mass is 984 g/mol. The van der Waals surface area contributed by atoms with Crippen LogP contribution < -0.4 is 355 Å². The summed E-state index contributed by atoms with van der Waals surface area (Å²) in [6.07, 6.45) is 0. The van der Waals surface area contributed by atoms with Crippen LogP contribution in [0.4, 0.5) is 14.4 Å². The fourth-order valence-corrected chi connectivity index (χ4v) is 1.31. The molecule has 11 N–H and O–H groups in total. The summed E-state index contributed by atoms with van der Waals surface area (Å²) in [5.74, 6) is 0. The van der Waals surface area contributed by atoms with Gasteiger partial charge >= 0.3 is 355 Å². The van der Waals surface area contributed by atoms with Crippen molar-refractivity contribution in [3.8, 4) is 0 Å². The first-order valence-corrected chi connectivity index (χ1v) is 10.2. The topological polar surface area (TPSA) is 257 Å². The Morgan fingerprint density at radius 2 is 0.651 bits per heavy atom. The minimum Gasteiger partial charge on any atom is -1.00 e. The molecule has 0 heterocycles. The molecule has 0 aromatic carbocycles. The van der Waals surface area contributed by atoms with Gasteiger partial charge in [0.1, 0.15) is 0 Å². The Labute approximate surface area is 596 Å².